The molecule has 4 aromatic rings. The van der Waals surface area contributed by atoms with Gasteiger partial charge in [0.2, 0.25) is 0 Å². The van der Waals surface area contributed by atoms with Crippen LogP contribution in [0.15, 0.2) is 48.7 Å². The van der Waals surface area contributed by atoms with Gasteiger partial charge in [0.25, 0.3) is 5.91 Å². The summed E-state index contributed by atoms with van der Waals surface area (Å²) in [4.78, 5) is 23.8. The molecule has 2 aromatic carbocycles. The van der Waals surface area contributed by atoms with Crippen LogP contribution in [0.4, 0.5) is 8.78 Å². The lowest BCUT2D eigenvalue weighted by atomic mass is 9.97. The molecule has 0 spiro atoms. The van der Waals surface area contributed by atoms with Crippen molar-refractivity contribution in [2.24, 2.45) is 5.73 Å². The number of aromatic nitrogens is 3. The first-order chi connectivity index (χ1) is 18.9. The van der Waals surface area contributed by atoms with Crippen molar-refractivity contribution in [3.63, 3.8) is 0 Å². The van der Waals surface area contributed by atoms with Crippen molar-refractivity contribution < 1.29 is 22.4 Å². The third-order valence-electron chi connectivity index (χ3n) is 7.90. The Morgan fingerprint density at radius 1 is 1.22 bits per heavy atom. The first kappa shape index (κ1) is 19.3. The standard InChI is InChI=1S/C28H25F2N5O2/c1-28(31)9-8-15-10-16(13-32-24(15)28)14-6-7-18-19(11-14)35-20-12-21(25(35)33-18)34(2)26(36)17-4-3-5-22(23(17)20)37-27(29)30/h3-7,10-11,13,20-21,27H,8-9,12,31H2,1-2H3/t20-,21-,28-/m1/s1/i2D3. The molecule has 0 unspecified atom stereocenters. The molecule has 2 aliphatic heterocycles. The summed E-state index contributed by atoms with van der Waals surface area (Å²) in [7, 11) is 0. The van der Waals surface area contributed by atoms with Gasteiger partial charge < -0.3 is 19.9 Å². The van der Waals surface area contributed by atoms with Crippen molar-refractivity contribution in [2.75, 3.05) is 6.98 Å². The Morgan fingerprint density at radius 3 is 2.89 bits per heavy atom. The van der Waals surface area contributed by atoms with Crippen molar-refractivity contribution in [3.8, 4) is 16.9 Å². The van der Waals surface area contributed by atoms with E-state index in [4.69, 9.17) is 19.6 Å². The van der Waals surface area contributed by atoms with Gasteiger partial charge in [-0.25, -0.2) is 4.98 Å². The number of nitrogens with zero attached hydrogens (tertiary/aromatic N) is 4. The molecule has 9 heteroatoms. The molecule has 3 atom stereocenters. The zero-order valence-electron chi connectivity index (χ0n) is 22.9. The molecular formula is C28H25F2N5O2. The van der Waals surface area contributed by atoms with Crippen molar-refractivity contribution in [2.45, 2.75) is 50.4 Å². The average Bonchev–Trinajstić information content (AvgIpc) is 3.49. The maximum atomic E-state index is 13.6. The van der Waals surface area contributed by atoms with Gasteiger partial charge in [0.1, 0.15) is 11.6 Å². The predicted octanol–water partition coefficient (Wildman–Crippen LogP) is 4.94. The lowest BCUT2D eigenvalue weighted by molar-refractivity contribution is -0.0507. The lowest BCUT2D eigenvalue weighted by Crippen LogP contribution is -2.30. The van der Waals surface area contributed by atoms with E-state index in [2.05, 4.69) is 11.1 Å². The van der Waals surface area contributed by atoms with Gasteiger partial charge in [-0.3, -0.25) is 9.78 Å². The van der Waals surface area contributed by atoms with E-state index >= 15 is 0 Å². The molecule has 3 aliphatic rings. The summed E-state index contributed by atoms with van der Waals surface area (Å²) in [5, 5.41) is 0. The summed E-state index contributed by atoms with van der Waals surface area (Å²) in [6.45, 7) is -3.92. The fourth-order valence-corrected chi connectivity index (χ4v) is 6.17. The number of alkyl halides is 2. The topological polar surface area (TPSA) is 86.3 Å². The molecule has 2 aromatic heterocycles. The van der Waals surface area contributed by atoms with Crippen LogP contribution in [0.2, 0.25) is 0 Å². The van der Waals surface area contributed by atoms with E-state index in [0.717, 1.165) is 40.1 Å². The number of fused-ring (bicyclic) bond motifs is 10. The van der Waals surface area contributed by atoms with E-state index in [1.54, 1.807) is 6.20 Å². The summed E-state index contributed by atoms with van der Waals surface area (Å²) in [5.74, 6) is -0.530. The monoisotopic (exact) mass is 504 g/mol. The number of aryl methyl sites for hydroxylation is 1. The second kappa shape index (κ2) is 7.58. The van der Waals surface area contributed by atoms with Crippen molar-refractivity contribution >= 4 is 16.9 Å². The smallest absolute Gasteiger partial charge is 0.387 e. The molecule has 2 N–H and O–H groups in total. The molecule has 7 rings (SSSR count). The number of nitrogens with two attached hydrogens (primary N) is 1. The molecule has 0 saturated carbocycles. The molecule has 1 amide bonds. The van der Waals surface area contributed by atoms with Crippen LogP contribution in [0, 0.1) is 0 Å². The second-order valence-corrected chi connectivity index (χ2v) is 10.2. The van der Waals surface area contributed by atoms with E-state index < -0.39 is 37.1 Å². The summed E-state index contributed by atoms with van der Waals surface area (Å²) in [6, 6.07) is 10.5. The molecule has 0 radical (unpaired) electrons. The zero-order chi connectivity index (χ0) is 28.1. The van der Waals surface area contributed by atoms with E-state index in [9.17, 15) is 13.6 Å². The van der Waals surface area contributed by atoms with E-state index in [1.807, 2.05) is 29.7 Å². The summed E-state index contributed by atoms with van der Waals surface area (Å²) in [5.41, 5.74) is 11.3. The quantitative estimate of drug-likeness (QED) is 0.427. The summed E-state index contributed by atoms with van der Waals surface area (Å²) in [6.07, 6.45) is 3.61. The highest BCUT2D eigenvalue weighted by atomic mass is 19.3. The zero-order valence-corrected chi connectivity index (χ0v) is 19.9. The summed E-state index contributed by atoms with van der Waals surface area (Å²) >= 11 is 0. The molecule has 0 fully saturated rings. The highest BCUT2D eigenvalue weighted by Crippen LogP contribution is 2.50. The largest absolute Gasteiger partial charge is 0.434 e. The second-order valence-electron chi connectivity index (χ2n) is 10.2. The normalized spacial score (nSPS) is 25.4. The highest BCUT2D eigenvalue weighted by molar-refractivity contribution is 5.98. The Balaban J connectivity index is 1.43. The van der Waals surface area contributed by atoms with Crippen LogP contribution < -0.4 is 10.5 Å². The molecule has 1 aliphatic carbocycles. The van der Waals surface area contributed by atoms with Gasteiger partial charge in [-0.15, -0.1) is 0 Å². The first-order valence-corrected chi connectivity index (χ1v) is 12.2. The van der Waals surface area contributed by atoms with Crippen LogP contribution in [0.5, 0.6) is 5.75 Å². The molecule has 4 heterocycles. The van der Waals surface area contributed by atoms with Gasteiger partial charge >= 0.3 is 6.61 Å². The van der Waals surface area contributed by atoms with Crippen molar-refractivity contribution in [1.29, 1.82) is 0 Å². The van der Waals surface area contributed by atoms with E-state index in [0.29, 0.717) is 16.9 Å². The molecule has 7 nitrogen and oxygen atoms in total. The van der Waals surface area contributed by atoms with Crippen LogP contribution in [0.3, 0.4) is 0 Å². The Morgan fingerprint density at radius 2 is 2.08 bits per heavy atom. The highest BCUT2D eigenvalue weighted by Gasteiger charge is 2.45. The number of pyridine rings is 1. The maximum absolute atomic E-state index is 13.6. The minimum absolute atomic E-state index is 0.0260. The third-order valence-corrected chi connectivity index (χ3v) is 7.90. The Bertz CT molecular complexity index is 1720. The number of carbonyl (C=O) groups excluding carboxylic acids is 1. The number of carbonyl (C=O) groups is 1. The minimum Gasteiger partial charge on any atom is -0.434 e. The SMILES string of the molecule is [2H]C([2H])([2H])N1C(=O)c2cccc(OC(F)F)c2[C@H]2C[C@@H]1c1nc3ccc(-c4cnc5c(c4)CC[C@@]5(C)N)cc3n12. The number of benzene rings is 2. The van der Waals surface area contributed by atoms with Crippen LogP contribution in [-0.4, -0.2) is 38.9 Å². The maximum Gasteiger partial charge on any atom is 0.387 e. The molecule has 0 saturated heterocycles. The van der Waals surface area contributed by atoms with Gasteiger partial charge in [-0.2, -0.15) is 8.78 Å². The number of amides is 1. The number of halogens is 2. The van der Waals surface area contributed by atoms with Gasteiger partial charge in [0.15, 0.2) is 0 Å². The molecule has 2 bridgehead atoms. The molecular weight excluding hydrogens is 476 g/mol. The Kier molecular flexibility index (Phi) is 3.95. The fourth-order valence-electron chi connectivity index (χ4n) is 6.17. The van der Waals surface area contributed by atoms with Crippen molar-refractivity contribution in [3.05, 3.63) is 76.9 Å². The Labute approximate surface area is 216 Å². The fraction of sp³-hybridized carbons (Fsp3) is 0.321. The number of ether oxygens (including phenoxy) is 1. The molecule has 37 heavy (non-hydrogen) atoms. The van der Waals surface area contributed by atoms with Gasteiger partial charge in [-0.05, 0) is 61.2 Å². The number of hydrogen-bond acceptors (Lipinski definition) is 5. The average molecular weight is 505 g/mol. The number of hydrogen-bond donors (Lipinski definition) is 1. The number of imidazole rings is 1. The minimum atomic E-state index is -3.12. The van der Waals surface area contributed by atoms with Crippen LogP contribution in [0.1, 0.15) is 69.0 Å². The van der Waals surface area contributed by atoms with Crippen LogP contribution in [0.25, 0.3) is 22.2 Å². The molecule has 188 valence electrons. The van der Waals surface area contributed by atoms with Gasteiger partial charge in [0.05, 0.1) is 34.3 Å². The lowest BCUT2D eigenvalue weighted by Gasteiger charge is -2.24. The first-order valence-electron chi connectivity index (χ1n) is 13.7. The van der Waals surface area contributed by atoms with E-state index in [1.165, 1.54) is 18.2 Å². The van der Waals surface area contributed by atoms with E-state index in [-0.39, 0.29) is 23.3 Å². The van der Waals surface area contributed by atoms with Crippen LogP contribution >= 0.6 is 0 Å². The Hall–Kier alpha value is -3.85. The van der Waals surface area contributed by atoms with Gasteiger partial charge in [-0.1, -0.05) is 12.1 Å². The van der Waals surface area contributed by atoms with Gasteiger partial charge in [0, 0.05) is 40.4 Å². The summed E-state index contributed by atoms with van der Waals surface area (Å²) < 4.78 is 58.0. The predicted molar refractivity (Wildman–Crippen MR) is 133 cm³/mol. The third kappa shape index (κ3) is 3.16. The van der Waals surface area contributed by atoms with Crippen LogP contribution in [-0.2, 0) is 12.0 Å². The number of rotatable bonds is 3. The van der Waals surface area contributed by atoms with Crippen molar-refractivity contribution in [1.82, 2.24) is 19.4 Å².